The van der Waals surface area contributed by atoms with Crippen molar-refractivity contribution in [1.82, 2.24) is 24.2 Å². The molecule has 0 unspecified atom stereocenters. The number of rotatable bonds is 5. The molecule has 3 aromatic heterocycles. The van der Waals surface area contributed by atoms with Crippen LogP contribution in [0.1, 0.15) is 31.7 Å². The van der Waals surface area contributed by atoms with Crippen molar-refractivity contribution in [1.29, 1.82) is 0 Å². The van der Waals surface area contributed by atoms with E-state index in [0.29, 0.717) is 0 Å². The Labute approximate surface area is 185 Å². The second kappa shape index (κ2) is 8.14. The quantitative estimate of drug-likeness (QED) is 0.472. The average molecular weight is 454 g/mol. The highest BCUT2D eigenvalue weighted by atomic mass is 32.2. The number of pyridine rings is 1. The van der Waals surface area contributed by atoms with Gasteiger partial charge in [0.15, 0.2) is 0 Å². The lowest BCUT2D eigenvalue weighted by atomic mass is 9.91. The van der Waals surface area contributed by atoms with Gasteiger partial charge in [0.05, 0.1) is 24.0 Å². The second-order valence-corrected chi connectivity index (χ2v) is 10.1. The number of nitrogens with one attached hydrogen (secondary N) is 2. The smallest absolute Gasteiger partial charge is 0.208 e. The van der Waals surface area contributed by atoms with E-state index in [1.807, 2.05) is 24.7 Å². The van der Waals surface area contributed by atoms with Crippen LogP contribution >= 0.6 is 0 Å². The summed E-state index contributed by atoms with van der Waals surface area (Å²) in [4.78, 5) is 12.3. The molecule has 3 heterocycles. The minimum absolute atomic E-state index is 0.0397. The molecule has 7 nitrogen and oxygen atoms in total. The third-order valence-electron chi connectivity index (χ3n) is 6.10. The number of nitrogens with zero attached hydrogens (tertiary/aromatic N) is 3. The number of hydrogen-bond donors (Lipinski definition) is 2. The zero-order valence-corrected chi connectivity index (χ0v) is 18.4. The average Bonchev–Trinajstić information content (AvgIpc) is 3.41. The molecule has 1 aliphatic carbocycles. The Morgan fingerprint density at radius 3 is 2.53 bits per heavy atom. The van der Waals surface area contributed by atoms with Gasteiger partial charge in [-0.25, -0.2) is 27.5 Å². The predicted molar refractivity (Wildman–Crippen MR) is 122 cm³/mol. The van der Waals surface area contributed by atoms with Crippen molar-refractivity contribution in [3.05, 3.63) is 60.9 Å². The molecular formula is C23H24FN5O2S. The normalized spacial score (nSPS) is 19.4. The number of aromatic amines is 1. The molecule has 1 aliphatic rings. The second-order valence-electron chi connectivity index (χ2n) is 8.35. The van der Waals surface area contributed by atoms with Crippen molar-refractivity contribution in [2.24, 2.45) is 0 Å². The molecule has 0 bridgehead atoms. The zero-order chi connectivity index (χ0) is 22.3. The van der Waals surface area contributed by atoms with E-state index in [9.17, 15) is 12.8 Å². The van der Waals surface area contributed by atoms with Crippen molar-refractivity contribution in [3.8, 4) is 22.5 Å². The molecule has 0 aliphatic heterocycles. The Hall–Kier alpha value is -3.04. The van der Waals surface area contributed by atoms with Crippen molar-refractivity contribution < 1.29 is 12.8 Å². The first-order valence-corrected chi connectivity index (χ1v) is 12.5. The van der Waals surface area contributed by atoms with Crippen LogP contribution in [0.3, 0.4) is 0 Å². The van der Waals surface area contributed by atoms with E-state index in [2.05, 4.69) is 19.3 Å². The lowest BCUT2D eigenvalue weighted by molar-refractivity contribution is 0.313. The van der Waals surface area contributed by atoms with Crippen LogP contribution in [0.15, 0.2) is 55.1 Å². The van der Waals surface area contributed by atoms with E-state index in [-0.39, 0.29) is 17.9 Å². The van der Waals surface area contributed by atoms with Crippen LogP contribution in [0.4, 0.5) is 4.39 Å². The van der Waals surface area contributed by atoms with Gasteiger partial charge in [-0.15, -0.1) is 0 Å². The first kappa shape index (κ1) is 20.8. The molecule has 0 atom stereocenters. The Kier molecular flexibility index (Phi) is 5.30. The van der Waals surface area contributed by atoms with Gasteiger partial charge in [0.2, 0.25) is 10.0 Å². The first-order chi connectivity index (χ1) is 15.4. The number of sulfonamides is 1. The SMILES string of the molecule is CS(=O)(=O)N[C@H]1CC[C@@H](n2cnc(-c3ccc(F)cc3)c2-c2ccnc3[nH]ccc23)CC1. The van der Waals surface area contributed by atoms with Crippen LogP contribution in [0.25, 0.3) is 33.5 Å². The van der Waals surface area contributed by atoms with E-state index in [1.165, 1.54) is 18.4 Å². The molecule has 1 saturated carbocycles. The van der Waals surface area contributed by atoms with Gasteiger partial charge in [0, 0.05) is 41.0 Å². The summed E-state index contributed by atoms with van der Waals surface area (Å²) >= 11 is 0. The van der Waals surface area contributed by atoms with E-state index >= 15 is 0 Å². The van der Waals surface area contributed by atoms with Gasteiger partial charge in [-0.3, -0.25) is 0 Å². The Bertz CT molecular complexity index is 1350. The summed E-state index contributed by atoms with van der Waals surface area (Å²) in [6.45, 7) is 0. The van der Waals surface area contributed by atoms with Gasteiger partial charge in [0.1, 0.15) is 11.5 Å². The van der Waals surface area contributed by atoms with Crippen molar-refractivity contribution >= 4 is 21.1 Å². The minimum Gasteiger partial charge on any atom is -0.346 e. The Morgan fingerprint density at radius 1 is 1.06 bits per heavy atom. The third-order valence-corrected chi connectivity index (χ3v) is 6.86. The fourth-order valence-corrected chi connectivity index (χ4v) is 5.51. The molecule has 1 aromatic carbocycles. The molecule has 2 N–H and O–H groups in total. The van der Waals surface area contributed by atoms with Crippen LogP contribution in [-0.4, -0.2) is 40.2 Å². The number of fused-ring (bicyclic) bond motifs is 1. The monoisotopic (exact) mass is 453 g/mol. The Morgan fingerprint density at radius 2 is 1.81 bits per heavy atom. The maximum absolute atomic E-state index is 13.6. The van der Waals surface area contributed by atoms with Gasteiger partial charge in [-0.2, -0.15) is 0 Å². The van der Waals surface area contributed by atoms with Crippen LogP contribution in [-0.2, 0) is 10.0 Å². The van der Waals surface area contributed by atoms with Crippen LogP contribution in [0.2, 0.25) is 0 Å². The molecule has 0 radical (unpaired) electrons. The molecule has 0 amide bonds. The molecular weight excluding hydrogens is 429 g/mol. The highest BCUT2D eigenvalue weighted by molar-refractivity contribution is 7.88. The van der Waals surface area contributed by atoms with E-state index in [0.717, 1.165) is 59.2 Å². The molecule has 0 spiro atoms. The van der Waals surface area contributed by atoms with Gasteiger partial charge in [-0.05, 0) is 62.1 Å². The fourth-order valence-electron chi connectivity index (χ4n) is 4.67. The number of halogens is 1. The largest absolute Gasteiger partial charge is 0.346 e. The standard InChI is InChI=1S/C23H24FN5O2S/c1-32(30,31)28-17-6-8-18(9-7-17)29-14-27-21(15-2-4-16(24)5-3-15)22(29)19-10-12-25-23-20(19)11-13-26-23/h2-5,10-14,17-18,28H,6-9H2,1H3,(H,25,26)/t17-,18+. The van der Waals surface area contributed by atoms with Crippen LogP contribution in [0.5, 0.6) is 0 Å². The van der Waals surface area contributed by atoms with Crippen LogP contribution in [0, 0.1) is 5.82 Å². The van der Waals surface area contributed by atoms with E-state index < -0.39 is 10.0 Å². The summed E-state index contributed by atoms with van der Waals surface area (Å²) in [5.74, 6) is -0.289. The molecule has 0 saturated heterocycles. The molecule has 4 aromatic rings. The molecule has 166 valence electrons. The molecule has 5 rings (SSSR count). The minimum atomic E-state index is -3.22. The topological polar surface area (TPSA) is 92.7 Å². The summed E-state index contributed by atoms with van der Waals surface area (Å²) < 4.78 is 41.7. The first-order valence-electron chi connectivity index (χ1n) is 10.6. The Balaban J connectivity index is 1.57. The van der Waals surface area contributed by atoms with Crippen molar-refractivity contribution in [2.75, 3.05) is 6.26 Å². The highest BCUT2D eigenvalue weighted by Gasteiger charge is 2.28. The number of H-pyrrole nitrogens is 1. The molecule has 1 fully saturated rings. The summed E-state index contributed by atoms with van der Waals surface area (Å²) in [6.07, 6.45) is 9.87. The number of benzene rings is 1. The van der Waals surface area contributed by atoms with E-state index in [1.54, 1.807) is 18.3 Å². The molecule has 9 heteroatoms. The summed E-state index contributed by atoms with van der Waals surface area (Å²) in [5, 5.41) is 0.991. The number of aromatic nitrogens is 4. The lowest BCUT2D eigenvalue weighted by Gasteiger charge is -2.30. The summed E-state index contributed by atoms with van der Waals surface area (Å²) in [6, 6.07) is 10.5. The predicted octanol–water partition coefficient (Wildman–Crippen LogP) is 4.27. The van der Waals surface area contributed by atoms with Gasteiger partial charge < -0.3 is 9.55 Å². The van der Waals surface area contributed by atoms with Gasteiger partial charge in [-0.1, -0.05) is 0 Å². The number of imidazole rings is 1. The fraction of sp³-hybridized carbons (Fsp3) is 0.304. The van der Waals surface area contributed by atoms with Crippen LogP contribution < -0.4 is 4.72 Å². The zero-order valence-electron chi connectivity index (χ0n) is 17.6. The molecule has 32 heavy (non-hydrogen) atoms. The maximum Gasteiger partial charge on any atom is 0.208 e. The highest BCUT2D eigenvalue weighted by Crippen LogP contribution is 2.39. The van der Waals surface area contributed by atoms with Crippen molar-refractivity contribution in [3.63, 3.8) is 0 Å². The van der Waals surface area contributed by atoms with Gasteiger partial charge >= 0.3 is 0 Å². The maximum atomic E-state index is 13.6. The summed E-state index contributed by atoms with van der Waals surface area (Å²) in [5.41, 5.74) is 4.39. The third kappa shape index (κ3) is 4.05. The summed E-state index contributed by atoms with van der Waals surface area (Å²) in [7, 11) is -3.22. The van der Waals surface area contributed by atoms with Crippen molar-refractivity contribution in [2.45, 2.75) is 37.8 Å². The van der Waals surface area contributed by atoms with Gasteiger partial charge in [0.25, 0.3) is 0 Å². The number of hydrogen-bond acceptors (Lipinski definition) is 4. The lowest BCUT2D eigenvalue weighted by Crippen LogP contribution is -2.37. The van der Waals surface area contributed by atoms with E-state index in [4.69, 9.17) is 4.98 Å².